The van der Waals surface area contributed by atoms with E-state index < -0.39 is 0 Å². The molecule has 1 aliphatic heterocycles. The molecule has 0 aliphatic carbocycles. The van der Waals surface area contributed by atoms with Gasteiger partial charge in [-0.2, -0.15) is 0 Å². The first-order valence-electron chi connectivity index (χ1n) is 8.24. The fourth-order valence-electron chi connectivity index (χ4n) is 3.12. The number of aryl methyl sites for hydroxylation is 2. The van der Waals surface area contributed by atoms with Gasteiger partial charge in [-0.15, -0.1) is 0 Å². The lowest BCUT2D eigenvalue weighted by Gasteiger charge is -2.33. The number of likely N-dealkylation sites (N-methyl/N-ethyl adjacent to an activating group) is 1. The third kappa shape index (κ3) is 2.61. The van der Waals surface area contributed by atoms with Crippen molar-refractivity contribution in [3.63, 3.8) is 0 Å². The minimum absolute atomic E-state index is 0.0201. The molecule has 7 nitrogen and oxygen atoms in total. The highest BCUT2D eigenvalue weighted by molar-refractivity contribution is 5.98. The number of benzene rings is 1. The van der Waals surface area contributed by atoms with Crippen LogP contribution in [0.3, 0.4) is 0 Å². The molecule has 1 aromatic carbocycles. The van der Waals surface area contributed by atoms with Crippen LogP contribution in [0.4, 0.5) is 11.6 Å². The maximum atomic E-state index is 12.9. The second kappa shape index (κ2) is 5.84. The van der Waals surface area contributed by atoms with Gasteiger partial charge in [-0.3, -0.25) is 9.69 Å². The topological polar surface area (TPSA) is 75.4 Å². The van der Waals surface area contributed by atoms with E-state index in [0.29, 0.717) is 24.7 Å². The Balaban J connectivity index is 1.73. The molecule has 0 atom stereocenters. The van der Waals surface area contributed by atoms with E-state index in [2.05, 4.69) is 5.16 Å². The Bertz CT molecular complexity index is 946. The summed E-state index contributed by atoms with van der Waals surface area (Å²) in [5, 5.41) is 3.93. The number of carbonyl (C=O) groups is 1. The summed E-state index contributed by atoms with van der Waals surface area (Å²) in [7, 11) is 1.97. The first-order valence-corrected chi connectivity index (χ1v) is 8.24. The van der Waals surface area contributed by atoms with Crippen LogP contribution in [0.15, 0.2) is 28.8 Å². The summed E-state index contributed by atoms with van der Waals surface area (Å²) >= 11 is 0. The van der Waals surface area contributed by atoms with Gasteiger partial charge in [-0.1, -0.05) is 17.3 Å². The summed E-state index contributed by atoms with van der Waals surface area (Å²) in [5.41, 5.74) is 3.21. The Morgan fingerprint density at radius 1 is 1.12 bits per heavy atom. The Hall–Kier alpha value is -2.96. The van der Waals surface area contributed by atoms with E-state index in [9.17, 15) is 4.79 Å². The Kier molecular flexibility index (Phi) is 3.63. The Labute approximate surface area is 145 Å². The average Bonchev–Trinajstić information content (AvgIpc) is 2.92. The molecule has 1 amide bonds. The van der Waals surface area contributed by atoms with Crippen molar-refractivity contribution in [2.75, 3.05) is 29.9 Å². The lowest BCUT2D eigenvalue weighted by molar-refractivity contribution is -0.118. The Morgan fingerprint density at radius 2 is 1.80 bits per heavy atom. The number of hydrogen-bond donors (Lipinski definition) is 0. The summed E-state index contributed by atoms with van der Waals surface area (Å²) in [6, 6.07) is 7.70. The first-order chi connectivity index (χ1) is 12.0. The van der Waals surface area contributed by atoms with Crippen LogP contribution in [0.5, 0.6) is 0 Å². The SMILES string of the molecule is Cc1noc(C)c1CC(=O)N1CCN(C)c2nc3ccccc3nc21. The second-order valence-electron chi connectivity index (χ2n) is 6.31. The molecule has 25 heavy (non-hydrogen) atoms. The second-order valence-corrected chi connectivity index (χ2v) is 6.31. The van der Waals surface area contributed by atoms with Crippen LogP contribution in [0.25, 0.3) is 11.0 Å². The fraction of sp³-hybridized carbons (Fsp3) is 0.333. The number of hydrogen-bond acceptors (Lipinski definition) is 6. The maximum absolute atomic E-state index is 12.9. The number of para-hydroxylation sites is 2. The zero-order valence-electron chi connectivity index (χ0n) is 14.5. The van der Waals surface area contributed by atoms with Gasteiger partial charge < -0.3 is 9.42 Å². The molecule has 128 valence electrons. The highest BCUT2D eigenvalue weighted by atomic mass is 16.5. The van der Waals surface area contributed by atoms with Crippen molar-refractivity contribution in [1.29, 1.82) is 0 Å². The summed E-state index contributed by atoms with van der Waals surface area (Å²) in [5.74, 6) is 2.01. The van der Waals surface area contributed by atoms with Crippen molar-refractivity contribution in [2.24, 2.45) is 0 Å². The van der Waals surface area contributed by atoms with E-state index in [4.69, 9.17) is 14.5 Å². The molecule has 0 N–H and O–H groups in total. The predicted octanol–water partition coefficient (Wildman–Crippen LogP) is 2.26. The van der Waals surface area contributed by atoms with Gasteiger partial charge in [0.05, 0.1) is 23.1 Å². The number of rotatable bonds is 2. The van der Waals surface area contributed by atoms with Crippen LogP contribution in [-0.2, 0) is 11.2 Å². The van der Waals surface area contributed by atoms with E-state index >= 15 is 0 Å². The zero-order valence-corrected chi connectivity index (χ0v) is 14.5. The minimum atomic E-state index is -0.0201. The number of aromatic nitrogens is 3. The molecule has 1 aliphatic rings. The molecule has 0 fully saturated rings. The predicted molar refractivity (Wildman–Crippen MR) is 94.8 cm³/mol. The third-order valence-electron chi connectivity index (χ3n) is 4.62. The lowest BCUT2D eigenvalue weighted by atomic mass is 10.1. The van der Waals surface area contributed by atoms with E-state index in [-0.39, 0.29) is 12.3 Å². The van der Waals surface area contributed by atoms with Crippen LogP contribution in [-0.4, -0.2) is 41.2 Å². The van der Waals surface area contributed by atoms with Gasteiger partial charge in [0.15, 0.2) is 11.6 Å². The zero-order chi connectivity index (χ0) is 17.6. The largest absolute Gasteiger partial charge is 0.361 e. The smallest absolute Gasteiger partial charge is 0.232 e. The lowest BCUT2D eigenvalue weighted by Crippen LogP contribution is -2.44. The number of nitrogens with zero attached hydrogens (tertiary/aromatic N) is 5. The van der Waals surface area contributed by atoms with Gasteiger partial charge in [0, 0.05) is 25.7 Å². The molecule has 0 radical (unpaired) electrons. The highest BCUT2D eigenvalue weighted by Gasteiger charge is 2.29. The van der Waals surface area contributed by atoms with Gasteiger partial charge in [0.1, 0.15) is 5.76 Å². The van der Waals surface area contributed by atoms with Crippen molar-refractivity contribution in [3.8, 4) is 0 Å². The van der Waals surface area contributed by atoms with E-state index in [0.717, 1.165) is 28.1 Å². The molecular weight excluding hydrogens is 318 g/mol. The van der Waals surface area contributed by atoms with Crippen LogP contribution < -0.4 is 9.80 Å². The molecule has 7 heteroatoms. The van der Waals surface area contributed by atoms with Crippen molar-refractivity contribution in [2.45, 2.75) is 20.3 Å². The van der Waals surface area contributed by atoms with Gasteiger partial charge in [0.2, 0.25) is 5.91 Å². The van der Waals surface area contributed by atoms with Crippen LogP contribution in [0, 0.1) is 13.8 Å². The molecule has 2 aromatic heterocycles. The quantitative estimate of drug-likeness (QED) is 0.714. The molecule has 3 heterocycles. The summed E-state index contributed by atoms with van der Waals surface area (Å²) in [4.78, 5) is 26.1. The first kappa shape index (κ1) is 15.6. The van der Waals surface area contributed by atoms with Gasteiger partial charge in [-0.25, -0.2) is 9.97 Å². The van der Waals surface area contributed by atoms with E-state index in [1.165, 1.54) is 0 Å². The molecule has 0 bridgehead atoms. The van der Waals surface area contributed by atoms with E-state index in [1.807, 2.05) is 50.1 Å². The normalized spacial score (nSPS) is 14.0. The molecule has 0 saturated heterocycles. The third-order valence-corrected chi connectivity index (χ3v) is 4.62. The number of carbonyl (C=O) groups excluding carboxylic acids is 1. The number of anilines is 2. The monoisotopic (exact) mass is 337 g/mol. The highest BCUT2D eigenvalue weighted by Crippen LogP contribution is 2.31. The molecule has 0 spiro atoms. The average molecular weight is 337 g/mol. The van der Waals surface area contributed by atoms with Crippen LogP contribution in [0.1, 0.15) is 17.0 Å². The molecule has 4 rings (SSSR count). The van der Waals surface area contributed by atoms with Gasteiger partial charge in [0.25, 0.3) is 0 Å². The summed E-state index contributed by atoms with van der Waals surface area (Å²) in [6.45, 7) is 4.98. The van der Waals surface area contributed by atoms with Crippen molar-refractivity contribution >= 4 is 28.6 Å². The maximum Gasteiger partial charge on any atom is 0.232 e. The summed E-state index contributed by atoms with van der Waals surface area (Å²) in [6.07, 6.45) is 0.249. The fourth-order valence-corrected chi connectivity index (χ4v) is 3.12. The molecule has 0 unspecified atom stereocenters. The number of fused-ring (bicyclic) bond motifs is 2. The summed E-state index contributed by atoms with van der Waals surface area (Å²) < 4.78 is 5.17. The molecular formula is C18H19N5O2. The van der Waals surface area contributed by atoms with Gasteiger partial charge in [-0.05, 0) is 26.0 Å². The standard InChI is InChI=1S/C18H19N5O2/c1-11-13(12(2)25-21-11)10-16(24)23-9-8-22(3)17-18(23)20-15-7-5-4-6-14(15)19-17/h4-7H,8-10H2,1-3H3. The van der Waals surface area contributed by atoms with Crippen molar-refractivity contribution in [3.05, 3.63) is 41.3 Å². The van der Waals surface area contributed by atoms with Crippen molar-refractivity contribution < 1.29 is 9.32 Å². The molecule has 0 saturated carbocycles. The molecule has 3 aromatic rings. The van der Waals surface area contributed by atoms with Crippen molar-refractivity contribution in [1.82, 2.24) is 15.1 Å². The number of amides is 1. The van der Waals surface area contributed by atoms with Crippen LogP contribution in [0.2, 0.25) is 0 Å². The Morgan fingerprint density at radius 3 is 2.44 bits per heavy atom. The van der Waals surface area contributed by atoms with Crippen LogP contribution >= 0.6 is 0 Å². The van der Waals surface area contributed by atoms with Gasteiger partial charge >= 0.3 is 0 Å². The van der Waals surface area contributed by atoms with E-state index in [1.54, 1.807) is 4.90 Å². The minimum Gasteiger partial charge on any atom is -0.361 e.